The van der Waals surface area contributed by atoms with Gasteiger partial charge in [-0.3, -0.25) is 0 Å². The molecule has 24 heavy (non-hydrogen) atoms. The van der Waals surface area contributed by atoms with E-state index in [1.165, 1.54) is 0 Å². The summed E-state index contributed by atoms with van der Waals surface area (Å²) in [4.78, 5) is 34.8. The summed E-state index contributed by atoms with van der Waals surface area (Å²) in [6.45, 7) is 3.19. The molecular weight excluding hydrogens is 316 g/mol. The Morgan fingerprint density at radius 3 is 2.00 bits per heavy atom. The van der Waals surface area contributed by atoms with Gasteiger partial charge in [-0.2, -0.15) is 0 Å². The second-order valence-electron chi connectivity index (χ2n) is 4.64. The zero-order chi connectivity index (χ0) is 17.8. The fourth-order valence-electron chi connectivity index (χ4n) is 1.91. The number of benzene rings is 1. The largest absolute Gasteiger partial charge is 0.464 e. The summed E-state index contributed by atoms with van der Waals surface area (Å²) in [5.74, 6) is -1.54. The zero-order valence-electron chi connectivity index (χ0n) is 13.8. The Kier molecular flexibility index (Phi) is 9.33. The van der Waals surface area contributed by atoms with E-state index in [4.69, 9.17) is 18.9 Å². The van der Waals surface area contributed by atoms with Crippen LogP contribution in [0.15, 0.2) is 30.3 Å². The van der Waals surface area contributed by atoms with E-state index < -0.39 is 24.1 Å². The molecule has 0 aromatic heterocycles. The summed E-state index contributed by atoms with van der Waals surface area (Å²) in [7, 11) is 0. The van der Waals surface area contributed by atoms with Crippen molar-refractivity contribution in [2.75, 3.05) is 19.8 Å². The van der Waals surface area contributed by atoms with E-state index >= 15 is 0 Å². The second kappa shape index (κ2) is 11.3. The topological polar surface area (TPSA) is 88.1 Å². The Hall–Kier alpha value is -2.25. The summed E-state index contributed by atoms with van der Waals surface area (Å²) < 4.78 is 20.5. The number of rotatable bonds is 11. The van der Waals surface area contributed by atoms with Crippen molar-refractivity contribution in [3.05, 3.63) is 35.9 Å². The Morgan fingerprint density at radius 1 is 0.958 bits per heavy atom. The molecule has 0 unspecified atom stereocenters. The van der Waals surface area contributed by atoms with E-state index in [-0.39, 0.29) is 26.4 Å². The van der Waals surface area contributed by atoms with Crippen molar-refractivity contribution in [1.82, 2.24) is 0 Å². The summed E-state index contributed by atoms with van der Waals surface area (Å²) in [5, 5.41) is 0. The van der Waals surface area contributed by atoms with Gasteiger partial charge in [-0.15, -0.1) is 0 Å². The molecule has 0 spiro atoms. The zero-order valence-corrected chi connectivity index (χ0v) is 13.8. The van der Waals surface area contributed by atoms with E-state index in [2.05, 4.69) is 0 Å². The van der Waals surface area contributed by atoms with Gasteiger partial charge in [-0.1, -0.05) is 30.3 Å². The standard InChI is InChI=1S/C17H22O7/c1-3-21-16(19)14(23-11-10-18)15(17(20)22-4-2)24-12-13-8-6-5-7-9-13/h5-10,14-15H,3-4,11-12H2,1-2H3/t14-,15-/m1/s1. The monoisotopic (exact) mass is 338 g/mol. The van der Waals surface area contributed by atoms with Crippen molar-refractivity contribution in [2.45, 2.75) is 32.7 Å². The van der Waals surface area contributed by atoms with Crippen molar-refractivity contribution in [3.63, 3.8) is 0 Å². The van der Waals surface area contributed by atoms with Crippen LogP contribution in [0.4, 0.5) is 0 Å². The van der Waals surface area contributed by atoms with Gasteiger partial charge in [0.25, 0.3) is 0 Å². The first-order chi connectivity index (χ1) is 11.6. The van der Waals surface area contributed by atoms with Crippen LogP contribution >= 0.6 is 0 Å². The van der Waals surface area contributed by atoms with Crippen LogP contribution in [0.25, 0.3) is 0 Å². The molecule has 0 saturated heterocycles. The number of hydrogen-bond donors (Lipinski definition) is 0. The van der Waals surface area contributed by atoms with Gasteiger partial charge in [0.15, 0.2) is 12.2 Å². The highest BCUT2D eigenvalue weighted by atomic mass is 16.6. The van der Waals surface area contributed by atoms with Gasteiger partial charge in [-0.05, 0) is 19.4 Å². The lowest BCUT2D eigenvalue weighted by atomic mass is 10.2. The first kappa shape index (κ1) is 19.8. The fourth-order valence-corrected chi connectivity index (χ4v) is 1.91. The third-order valence-corrected chi connectivity index (χ3v) is 2.93. The molecule has 1 rings (SSSR count). The van der Waals surface area contributed by atoms with Crippen LogP contribution in [0.2, 0.25) is 0 Å². The van der Waals surface area contributed by atoms with Gasteiger partial charge >= 0.3 is 11.9 Å². The molecule has 0 bridgehead atoms. The summed E-state index contributed by atoms with van der Waals surface area (Å²) >= 11 is 0. The Morgan fingerprint density at radius 2 is 1.50 bits per heavy atom. The van der Waals surface area contributed by atoms with Crippen LogP contribution in [0.1, 0.15) is 19.4 Å². The van der Waals surface area contributed by atoms with Gasteiger partial charge in [0, 0.05) is 0 Å². The number of ether oxygens (including phenoxy) is 4. The lowest BCUT2D eigenvalue weighted by Crippen LogP contribution is -2.45. The molecule has 0 aliphatic rings. The van der Waals surface area contributed by atoms with E-state index in [1.54, 1.807) is 13.8 Å². The molecule has 0 amide bonds. The van der Waals surface area contributed by atoms with Gasteiger partial charge in [-0.25, -0.2) is 9.59 Å². The van der Waals surface area contributed by atoms with Crippen LogP contribution in [-0.4, -0.2) is 50.3 Å². The van der Waals surface area contributed by atoms with Gasteiger partial charge in [0.1, 0.15) is 12.9 Å². The molecular formula is C17H22O7. The molecule has 1 aromatic rings. The first-order valence-electron chi connectivity index (χ1n) is 7.68. The highest BCUT2D eigenvalue weighted by Gasteiger charge is 2.38. The van der Waals surface area contributed by atoms with Crippen LogP contribution < -0.4 is 0 Å². The minimum absolute atomic E-state index is 0.0741. The Bertz CT molecular complexity index is 515. The van der Waals surface area contributed by atoms with Crippen molar-refractivity contribution in [1.29, 1.82) is 0 Å². The first-order valence-corrected chi connectivity index (χ1v) is 7.68. The molecule has 2 atom stereocenters. The fraction of sp³-hybridized carbons (Fsp3) is 0.471. The quantitative estimate of drug-likeness (QED) is 0.443. The molecule has 7 nitrogen and oxygen atoms in total. The smallest absolute Gasteiger partial charge is 0.338 e. The maximum Gasteiger partial charge on any atom is 0.338 e. The van der Waals surface area contributed by atoms with Crippen LogP contribution in [-0.2, 0) is 39.9 Å². The SMILES string of the molecule is CCOC(=O)[C@H](OCC=O)[C@@H](OCc1ccccc1)C(=O)OCC. The van der Waals surface area contributed by atoms with E-state index in [0.717, 1.165) is 5.56 Å². The highest BCUT2D eigenvalue weighted by molar-refractivity contribution is 5.85. The lowest BCUT2D eigenvalue weighted by molar-refractivity contribution is -0.184. The predicted octanol–water partition coefficient (Wildman–Crippen LogP) is 1.28. The summed E-state index contributed by atoms with van der Waals surface area (Å²) in [6, 6.07) is 9.12. The van der Waals surface area contributed by atoms with Gasteiger partial charge in [0.05, 0.1) is 19.8 Å². The lowest BCUT2D eigenvalue weighted by Gasteiger charge is -2.24. The van der Waals surface area contributed by atoms with E-state index in [9.17, 15) is 14.4 Å². The van der Waals surface area contributed by atoms with Crippen LogP contribution in [0.3, 0.4) is 0 Å². The second-order valence-corrected chi connectivity index (χ2v) is 4.64. The number of hydrogen-bond acceptors (Lipinski definition) is 7. The average Bonchev–Trinajstić information content (AvgIpc) is 2.59. The Balaban J connectivity index is 2.90. The molecule has 0 radical (unpaired) electrons. The minimum atomic E-state index is -1.38. The third kappa shape index (κ3) is 6.47. The maximum atomic E-state index is 12.2. The summed E-state index contributed by atoms with van der Waals surface area (Å²) in [6.07, 6.45) is -2.23. The third-order valence-electron chi connectivity index (χ3n) is 2.93. The van der Waals surface area contributed by atoms with E-state index in [1.807, 2.05) is 30.3 Å². The molecule has 132 valence electrons. The normalized spacial score (nSPS) is 12.9. The number of carbonyl (C=O) groups excluding carboxylic acids is 3. The van der Waals surface area contributed by atoms with Crippen molar-refractivity contribution in [3.8, 4) is 0 Å². The highest BCUT2D eigenvalue weighted by Crippen LogP contribution is 2.13. The molecule has 7 heteroatoms. The number of carbonyl (C=O) groups is 3. The summed E-state index contributed by atoms with van der Waals surface area (Å²) in [5.41, 5.74) is 0.810. The molecule has 0 N–H and O–H groups in total. The average molecular weight is 338 g/mol. The molecule has 0 heterocycles. The molecule has 1 aromatic carbocycles. The van der Waals surface area contributed by atoms with Crippen molar-refractivity contribution < 1.29 is 33.3 Å². The van der Waals surface area contributed by atoms with Crippen molar-refractivity contribution in [2.24, 2.45) is 0 Å². The van der Waals surface area contributed by atoms with Gasteiger partial charge < -0.3 is 23.7 Å². The predicted molar refractivity (Wildman–Crippen MR) is 84.1 cm³/mol. The van der Waals surface area contributed by atoms with Crippen LogP contribution in [0.5, 0.6) is 0 Å². The Labute approximate surface area is 140 Å². The number of aldehydes is 1. The molecule has 0 aliphatic carbocycles. The van der Waals surface area contributed by atoms with Gasteiger partial charge in [0.2, 0.25) is 0 Å². The maximum absolute atomic E-state index is 12.2. The number of esters is 2. The van der Waals surface area contributed by atoms with Crippen molar-refractivity contribution >= 4 is 18.2 Å². The molecule has 0 saturated carbocycles. The molecule has 0 aliphatic heterocycles. The van der Waals surface area contributed by atoms with Crippen LogP contribution in [0, 0.1) is 0 Å². The minimum Gasteiger partial charge on any atom is -0.464 e. The molecule has 0 fully saturated rings. The van der Waals surface area contributed by atoms with E-state index in [0.29, 0.717) is 6.29 Å².